The van der Waals surface area contributed by atoms with Crippen molar-refractivity contribution in [2.45, 2.75) is 82.1 Å². The largest absolute Gasteiger partial charge is 0.490 e. The molecule has 3 saturated heterocycles. The Hall–Kier alpha value is -4.64. The number of benzene rings is 2. The maximum absolute atomic E-state index is 13.3. The zero-order chi connectivity index (χ0) is 34.1. The number of hydrogen-bond acceptors (Lipinski definition) is 8. The smallest absolute Gasteiger partial charge is 0.253 e. The lowest BCUT2D eigenvalue weighted by molar-refractivity contribution is 0.0916. The summed E-state index contributed by atoms with van der Waals surface area (Å²) < 4.78 is 6.00. The van der Waals surface area contributed by atoms with E-state index >= 15 is 0 Å². The number of nitrogens with zero attached hydrogens (tertiary/aromatic N) is 4. The van der Waals surface area contributed by atoms with Gasteiger partial charge in [-0.1, -0.05) is 12.1 Å². The number of carbonyl (C=O) groups excluding carboxylic acids is 3. The van der Waals surface area contributed by atoms with Gasteiger partial charge in [-0.05, 0) is 107 Å². The first-order chi connectivity index (χ1) is 23.7. The number of carbonyl (C=O) groups is 3. The predicted octanol–water partition coefficient (Wildman–Crippen LogP) is 4.28. The average Bonchev–Trinajstić information content (AvgIpc) is 3.36. The Bertz CT molecular complexity index is 1650. The SMILES string of the molecule is C[C@H](NC(=O)c1ccc(N2[C@@H]3CC[C@H]2C[C@@H](NC(=O)c2ccc(C(N)=O)c(OC4CCC4)c2)C3)nc1)c1ccc(N2CCN(C)CC2)cc1. The minimum Gasteiger partial charge on any atom is -0.490 e. The third kappa shape index (κ3) is 7.22. The van der Waals surface area contributed by atoms with E-state index in [1.165, 1.54) is 5.69 Å². The van der Waals surface area contributed by atoms with Gasteiger partial charge in [-0.25, -0.2) is 4.98 Å². The molecular formula is C38H47N7O4. The molecule has 1 saturated carbocycles. The van der Waals surface area contributed by atoms with Gasteiger partial charge in [0, 0.05) is 61.8 Å². The number of nitrogens with two attached hydrogens (primary N) is 1. The van der Waals surface area contributed by atoms with Crippen molar-refractivity contribution in [1.82, 2.24) is 20.5 Å². The maximum Gasteiger partial charge on any atom is 0.253 e. The summed E-state index contributed by atoms with van der Waals surface area (Å²) in [5, 5.41) is 6.35. The summed E-state index contributed by atoms with van der Waals surface area (Å²) in [6, 6.07) is 17.5. The van der Waals surface area contributed by atoms with Crippen LogP contribution in [0.3, 0.4) is 0 Å². The van der Waals surface area contributed by atoms with Gasteiger partial charge in [0.1, 0.15) is 11.6 Å². The number of rotatable bonds is 10. The summed E-state index contributed by atoms with van der Waals surface area (Å²) in [5.41, 5.74) is 9.13. The highest BCUT2D eigenvalue weighted by molar-refractivity contribution is 5.99. The maximum atomic E-state index is 13.3. The van der Waals surface area contributed by atoms with Gasteiger partial charge in [0.25, 0.3) is 17.7 Å². The zero-order valence-corrected chi connectivity index (χ0v) is 28.4. The van der Waals surface area contributed by atoms with Crippen LogP contribution in [0.5, 0.6) is 5.75 Å². The highest BCUT2D eigenvalue weighted by Crippen LogP contribution is 2.39. The molecule has 3 aliphatic heterocycles. The molecule has 4 heterocycles. The van der Waals surface area contributed by atoms with Crippen molar-refractivity contribution in [2.24, 2.45) is 5.73 Å². The van der Waals surface area contributed by atoms with E-state index in [9.17, 15) is 14.4 Å². The molecule has 0 unspecified atom stereocenters. The standard InChI is InChI=1S/C38H47N7O4/c1-24(25-6-10-29(11-7-25)44-18-16-43(2)17-19-44)41-38(48)27-9-15-35(40-23-27)45-30-12-13-31(45)22-28(21-30)42-37(47)26-8-14-33(36(39)46)34(20-26)49-32-4-3-5-32/h6-11,14-15,20,23-24,28,30-32H,3-5,12-13,16-19,21-22H2,1-2H3,(H2,39,46)(H,41,48)(H,42,47)/t24-,28-,30+,31-/m0/s1. The van der Waals surface area contributed by atoms with Gasteiger partial charge >= 0.3 is 0 Å². The fourth-order valence-electron chi connectivity index (χ4n) is 7.65. The van der Waals surface area contributed by atoms with Gasteiger partial charge in [0.15, 0.2) is 0 Å². The van der Waals surface area contributed by atoms with Gasteiger partial charge in [-0.3, -0.25) is 14.4 Å². The molecular weight excluding hydrogens is 618 g/mol. The molecule has 11 nitrogen and oxygen atoms in total. The fourth-order valence-corrected chi connectivity index (χ4v) is 7.65. The van der Waals surface area contributed by atoms with E-state index in [2.05, 4.69) is 56.6 Å². The number of nitrogens with one attached hydrogen (secondary N) is 2. The van der Waals surface area contributed by atoms with Crippen LogP contribution in [0.25, 0.3) is 0 Å². The molecule has 3 aromatic rings. The molecule has 4 aliphatic rings. The number of piperazine rings is 1. The monoisotopic (exact) mass is 665 g/mol. The Balaban J connectivity index is 0.932. The molecule has 0 spiro atoms. The van der Waals surface area contributed by atoms with Crippen LogP contribution in [0.2, 0.25) is 0 Å². The molecule has 2 bridgehead atoms. The first-order valence-corrected chi connectivity index (χ1v) is 17.7. The van der Waals surface area contributed by atoms with Crippen LogP contribution in [-0.4, -0.2) is 85.1 Å². The van der Waals surface area contributed by atoms with Gasteiger partial charge in [0.05, 0.1) is 23.3 Å². The van der Waals surface area contributed by atoms with Crippen molar-refractivity contribution in [2.75, 3.05) is 43.0 Å². The molecule has 4 atom stereocenters. The minimum atomic E-state index is -0.565. The number of amides is 3. The summed E-state index contributed by atoms with van der Waals surface area (Å²) in [5.74, 6) is 0.351. The lowest BCUT2D eigenvalue weighted by atomic mass is 9.95. The van der Waals surface area contributed by atoms with Crippen molar-refractivity contribution in [3.8, 4) is 5.75 Å². The number of aromatic nitrogens is 1. The number of likely N-dealkylation sites (N-methyl/N-ethyl adjacent to an activating group) is 1. The highest BCUT2D eigenvalue weighted by Gasteiger charge is 2.42. The van der Waals surface area contributed by atoms with Crippen LogP contribution in [0.1, 0.15) is 94.5 Å². The summed E-state index contributed by atoms with van der Waals surface area (Å²) in [6.07, 6.45) is 8.37. The van der Waals surface area contributed by atoms with Crippen LogP contribution >= 0.6 is 0 Å². The topological polar surface area (TPSA) is 133 Å². The van der Waals surface area contributed by atoms with Crippen molar-refractivity contribution in [1.29, 1.82) is 0 Å². The second kappa shape index (κ2) is 14.1. The molecule has 3 amide bonds. The molecule has 4 fully saturated rings. The van der Waals surface area contributed by atoms with Gasteiger partial charge < -0.3 is 35.8 Å². The fraction of sp³-hybridized carbons (Fsp3) is 0.474. The van der Waals surface area contributed by atoms with Gasteiger partial charge in [-0.2, -0.15) is 0 Å². The highest BCUT2D eigenvalue weighted by atomic mass is 16.5. The number of pyridine rings is 1. The van der Waals surface area contributed by atoms with Crippen molar-refractivity contribution in [3.63, 3.8) is 0 Å². The second-order valence-electron chi connectivity index (χ2n) is 14.2. The van der Waals surface area contributed by atoms with E-state index in [-0.39, 0.29) is 42.1 Å². The summed E-state index contributed by atoms with van der Waals surface area (Å²) >= 11 is 0. The Labute approximate surface area is 288 Å². The molecule has 1 aromatic heterocycles. The third-order valence-corrected chi connectivity index (χ3v) is 10.8. The van der Waals surface area contributed by atoms with E-state index in [0.717, 1.165) is 82.5 Å². The lowest BCUT2D eigenvalue weighted by Gasteiger charge is -2.40. The molecule has 49 heavy (non-hydrogen) atoms. The number of anilines is 2. The van der Waals surface area contributed by atoms with Gasteiger partial charge in [-0.15, -0.1) is 0 Å². The molecule has 2 aromatic carbocycles. The van der Waals surface area contributed by atoms with E-state index in [1.807, 2.05) is 19.1 Å². The normalized spacial score (nSPS) is 23.0. The number of piperidine rings is 1. The number of fused-ring (bicyclic) bond motifs is 2. The lowest BCUT2D eigenvalue weighted by Crippen LogP contribution is -2.50. The summed E-state index contributed by atoms with van der Waals surface area (Å²) in [4.78, 5) is 50.3. The summed E-state index contributed by atoms with van der Waals surface area (Å²) in [7, 11) is 2.16. The Morgan fingerprint density at radius 2 is 1.57 bits per heavy atom. The Kier molecular flexibility index (Phi) is 9.44. The van der Waals surface area contributed by atoms with Crippen LogP contribution in [-0.2, 0) is 0 Å². The number of hydrogen-bond donors (Lipinski definition) is 3. The third-order valence-electron chi connectivity index (χ3n) is 10.8. The molecule has 4 N–H and O–H groups in total. The molecule has 0 radical (unpaired) electrons. The van der Waals surface area contributed by atoms with Crippen LogP contribution in [0.4, 0.5) is 11.5 Å². The average molecular weight is 666 g/mol. The first kappa shape index (κ1) is 32.9. The second-order valence-corrected chi connectivity index (χ2v) is 14.2. The van der Waals surface area contributed by atoms with Crippen molar-refractivity contribution < 1.29 is 19.1 Å². The zero-order valence-electron chi connectivity index (χ0n) is 28.4. The Morgan fingerprint density at radius 1 is 0.878 bits per heavy atom. The van der Waals surface area contributed by atoms with E-state index in [0.29, 0.717) is 22.4 Å². The molecule has 11 heteroatoms. The quantitative estimate of drug-likeness (QED) is 0.292. The Morgan fingerprint density at radius 3 is 2.18 bits per heavy atom. The molecule has 7 rings (SSSR count). The summed E-state index contributed by atoms with van der Waals surface area (Å²) in [6.45, 7) is 6.17. The van der Waals surface area contributed by atoms with Crippen LogP contribution in [0.15, 0.2) is 60.8 Å². The molecule has 1 aliphatic carbocycles. The number of primary amides is 1. The van der Waals surface area contributed by atoms with Crippen LogP contribution < -0.4 is 30.9 Å². The van der Waals surface area contributed by atoms with Gasteiger partial charge in [0.2, 0.25) is 0 Å². The van der Waals surface area contributed by atoms with E-state index < -0.39 is 5.91 Å². The molecule has 258 valence electrons. The first-order valence-electron chi connectivity index (χ1n) is 17.7. The van der Waals surface area contributed by atoms with Crippen LogP contribution in [0, 0.1) is 0 Å². The van der Waals surface area contributed by atoms with Crippen molar-refractivity contribution in [3.05, 3.63) is 83.0 Å². The van der Waals surface area contributed by atoms with E-state index in [4.69, 9.17) is 15.5 Å². The number of ether oxygens (including phenoxy) is 1. The van der Waals surface area contributed by atoms with Crippen molar-refractivity contribution >= 4 is 29.2 Å². The predicted molar refractivity (Wildman–Crippen MR) is 189 cm³/mol. The minimum absolute atomic E-state index is 0.0234. The van der Waals surface area contributed by atoms with E-state index in [1.54, 1.807) is 24.4 Å².